The molecule has 0 aliphatic rings. The number of hydrogen-bond donors (Lipinski definition) is 3. The van der Waals surface area contributed by atoms with Gasteiger partial charge in [-0.15, -0.1) is 0 Å². The highest BCUT2D eigenvalue weighted by atomic mass is 16.4. The summed E-state index contributed by atoms with van der Waals surface area (Å²) in [6, 6.07) is 4.54. The van der Waals surface area contributed by atoms with E-state index in [1.54, 1.807) is 36.3 Å². The van der Waals surface area contributed by atoms with Gasteiger partial charge < -0.3 is 15.5 Å². The average molecular weight is 378 g/mol. The Labute approximate surface area is 160 Å². The van der Waals surface area contributed by atoms with Gasteiger partial charge in [-0.25, -0.2) is 4.79 Å². The number of aryl methyl sites for hydroxylation is 2. The van der Waals surface area contributed by atoms with Crippen LogP contribution < -0.4 is 5.32 Å². The fraction of sp³-hybridized carbons (Fsp3) is 0.100. The van der Waals surface area contributed by atoms with E-state index in [0.717, 1.165) is 16.7 Å². The number of carboxylic acids is 1. The predicted molar refractivity (Wildman–Crippen MR) is 104 cm³/mol. The molecule has 0 saturated heterocycles. The van der Waals surface area contributed by atoms with E-state index in [9.17, 15) is 14.7 Å². The van der Waals surface area contributed by atoms with Crippen molar-refractivity contribution in [2.24, 2.45) is 7.05 Å². The molecule has 0 unspecified atom stereocenters. The van der Waals surface area contributed by atoms with E-state index in [-0.39, 0.29) is 17.0 Å². The highest BCUT2D eigenvalue weighted by Crippen LogP contribution is 2.27. The van der Waals surface area contributed by atoms with Crippen LogP contribution in [0.5, 0.6) is 5.75 Å². The number of carboxylic acid groups (broad SMARTS) is 1. The SMILES string of the molecule is Cc1cc(NC(=O)C=Cc2cnccc2-c2cnn(C)c2)cc(C(=O)O)c1O. The van der Waals surface area contributed by atoms with Gasteiger partial charge in [-0.2, -0.15) is 5.10 Å². The van der Waals surface area contributed by atoms with Gasteiger partial charge in [0.15, 0.2) is 0 Å². The zero-order chi connectivity index (χ0) is 20.3. The maximum Gasteiger partial charge on any atom is 0.339 e. The molecule has 0 saturated carbocycles. The van der Waals surface area contributed by atoms with Crippen LogP contribution >= 0.6 is 0 Å². The Bertz CT molecular complexity index is 1090. The molecular formula is C20H18N4O4. The lowest BCUT2D eigenvalue weighted by Crippen LogP contribution is -2.09. The second-order valence-electron chi connectivity index (χ2n) is 6.18. The third-order valence-corrected chi connectivity index (χ3v) is 4.08. The number of pyridine rings is 1. The van der Waals surface area contributed by atoms with Gasteiger partial charge in [0.1, 0.15) is 11.3 Å². The number of carbonyl (C=O) groups excluding carboxylic acids is 1. The maximum absolute atomic E-state index is 12.3. The van der Waals surface area contributed by atoms with E-state index in [1.165, 1.54) is 18.2 Å². The van der Waals surface area contributed by atoms with Crippen LogP contribution in [0.1, 0.15) is 21.5 Å². The molecule has 1 aromatic carbocycles. The zero-order valence-electron chi connectivity index (χ0n) is 15.2. The van der Waals surface area contributed by atoms with Crippen molar-refractivity contribution in [2.75, 3.05) is 5.32 Å². The van der Waals surface area contributed by atoms with E-state index in [1.807, 2.05) is 19.3 Å². The minimum Gasteiger partial charge on any atom is -0.507 e. The molecule has 8 nitrogen and oxygen atoms in total. The minimum absolute atomic E-state index is 0.273. The van der Waals surface area contributed by atoms with E-state index in [0.29, 0.717) is 5.56 Å². The number of nitrogens with zero attached hydrogens (tertiary/aromatic N) is 3. The van der Waals surface area contributed by atoms with E-state index >= 15 is 0 Å². The van der Waals surface area contributed by atoms with Gasteiger partial charge in [0.05, 0.1) is 6.20 Å². The third kappa shape index (κ3) is 4.07. The molecule has 3 N–H and O–H groups in total. The number of nitrogens with one attached hydrogen (secondary N) is 1. The molecule has 0 fully saturated rings. The van der Waals surface area contributed by atoms with Gasteiger partial charge in [-0.05, 0) is 42.3 Å². The number of benzene rings is 1. The van der Waals surface area contributed by atoms with Gasteiger partial charge in [-0.1, -0.05) is 0 Å². The first-order chi connectivity index (χ1) is 13.3. The summed E-state index contributed by atoms with van der Waals surface area (Å²) in [7, 11) is 1.82. The van der Waals surface area contributed by atoms with Crippen LogP contribution in [-0.4, -0.2) is 36.9 Å². The van der Waals surface area contributed by atoms with Crippen LogP contribution in [0.3, 0.4) is 0 Å². The lowest BCUT2D eigenvalue weighted by molar-refractivity contribution is -0.111. The fourth-order valence-corrected chi connectivity index (χ4v) is 2.73. The molecular weight excluding hydrogens is 360 g/mol. The Balaban J connectivity index is 1.81. The van der Waals surface area contributed by atoms with Crippen LogP contribution in [0.4, 0.5) is 5.69 Å². The molecule has 1 amide bonds. The minimum atomic E-state index is -1.27. The summed E-state index contributed by atoms with van der Waals surface area (Å²) in [5.41, 5.74) is 2.86. The van der Waals surface area contributed by atoms with Gasteiger partial charge in [-0.3, -0.25) is 14.5 Å². The van der Waals surface area contributed by atoms with Crippen LogP contribution in [0.15, 0.2) is 49.1 Å². The number of aromatic nitrogens is 3. The average Bonchev–Trinajstić information content (AvgIpc) is 3.09. The second kappa shape index (κ2) is 7.75. The van der Waals surface area contributed by atoms with Crippen LogP contribution in [-0.2, 0) is 11.8 Å². The molecule has 2 heterocycles. The van der Waals surface area contributed by atoms with Crippen molar-refractivity contribution >= 4 is 23.6 Å². The quantitative estimate of drug-likeness (QED) is 0.464. The monoisotopic (exact) mass is 378 g/mol. The van der Waals surface area contributed by atoms with Gasteiger partial charge in [0, 0.05) is 48.5 Å². The van der Waals surface area contributed by atoms with Crippen molar-refractivity contribution < 1.29 is 19.8 Å². The molecule has 8 heteroatoms. The number of amides is 1. The highest BCUT2D eigenvalue weighted by molar-refractivity contribution is 6.03. The van der Waals surface area contributed by atoms with E-state index in [2.05, 4.69) is 15.4 Å². The normalized spacial score (nSPS) is 10.9. The summed E-state index contributed by atoms with van der Waals surface area (Å²) in [4.78, 5) is 27.6. The first kappa shape index (κ1) is 18.8. The topological polar surface area (TPSA) is 117 Å². The van der Waals surface area contributed by atoms with Gasteiger partial charge in [0.2, 0.25) is 5.91 Å². The number of carbonyl (C=O) groups is 2. The molecule has 0 aliphatic carbocycles. The molecule has 0 radical (unpaired) electrons. The highest BCUT2D eigenvalue weighted by Gasteiger charge is 2.14. The molecule has 0 aliphatic heterocycles. The van der Waals surface area contributed by atoms with Gasteiger partial charge >= 0.3 is 5.97 Å². The third-order valence-electron chi connectivity index (χ3n) is 4.08. The smallest absolute Gasteiger partial charge is 0.339 e. The number of phenols is 1. The number of aromatic carboxylic acids is 1. The van der Waals surface area contributed by atoms with Crippen molar-refractivity contribution in [3.8, 4) is 16.9 Å². The van der Waals surface area contributed by atoms with Crippen LogP contribution in [0.2, 0.25) is 0 Å². The van der Waals surface area contributed by atoms with E-state index < -0.39 is 11.9 Å². The molecule has 0 spiro atoms. The number of aromatic hydroxyl groups is 1. The Kier molecular flexibility index (Phi) is 5.21. The Morgan fingerprint density at radius 1 is 1.25 bits per heavy atom. The van der Waals surface area contributed by atoms with Crippen molar-refractivity contribution in [2.45, 2.75) is 6.92 Å². The maximum atomic E-state index is 12.3. The van der Waals surface area contributed by atoms with E-state index in [4.69, 9.17) is 5.11 Å². The molecule has 0 atom stereocenters. The standard InChI is InChI=1S/C20H18N4O4/c1-12-7-15(8-17(19(12)26)20(27)28)23-18(25)4-3-13-9-21-6-5-16(13)14-10-22-24(2)11-14/h3-11,26H,1-2H3,(H,23,25)(H,27,28). The molecule has 0 bridgehead atoms. The molecule has 3 aromatic rings. The summed E-state index contributed by atoms with van der Waals surface area (Å²) in [5, 5.41) is 25.7. The number of hydrogen-bond acceptors (Lipinski definition) is 5. The zero-order valence-corrected chi connectivity index (χ0v) is 15.2. The largest absolute Gasteiger partial charge is 0.507 e. The Morgan fingerprint density at radius 3 is 2.71 bits per heavy atom. The van der Waals surface area contributed by atoms with Crippen molar-refractivity contribution in [3.63, 3.8) is 0 Å². The fourth-order valence-electron chi connectivity index (χ4n) is 2.73. The lowest BCUT2D eigenvalue weighted by atomic mass is 10.0. The summed E-state index contributed by atoms with van der Waals surface area (Å²) < 4.78 is 1.68. The lowest BCUT2D eigenvalue weighted by Gasteiger charge is -2.08. The first-order valence-electron chi connectivity index (χ1n) is 8.34. The molecule has 3 rings (SSSR count). The summed E-state index contributed by atoms with van der Waals surface area (Å²) in [6.07, 6.45) is 9.83. The van der Waals surface area contributed by atoms with Crippen molar-refractivity contribution in [3.05, 3.63) is 65.8 Å². The Hall–Kier alpha value is -3.94. The summed E-state index contributed by atoms with van der Waals surface area (Å²) in [5.74, 6) is -2.04. The predicted octanol–water partition coefficient (Wildman–Crippen LogP) is 2.85. The van der Waals surface area contributed by atoms with Crippen molar-refractivity contribution in [1.29, 1.82) is 0 Å². The molecule has 28 heavy (non-hydrogen) atoms. The molecule has 142 valence electrons. The first-order valence-corrected chi connectivity index (χ1v) is 8.34. The van der Waals surface area contributed by atoms with Gasteiger partial charge in [0.25, 0.3) is 0 Å². The van der Waals surface area contributed by atoms with Crippen LogP contribution in [0.25, 0.3) is 17.2 Å². The summed E-state index contributed by atoms with van der Waals surface area (Å²) >= 11 is 0. The Morgan fingerprint density at radius 2 is 2.04 bits per heavy atom. The molecule has 2 aromatic heterocycles. The van der Waals surface area contributed by atoms with Crippen LogP contribution in [0, 0.1) is 6.92 Å². The number of anilines is 1. The summed E-state index contributed by atoms with van der Waals surface area (Å²) in [6.45, 7) is 1.56. The number of rotatable bonds is 5. The van der Waals surface area contributed by atoms with Crippen molar-refractivity contribution in [1.82, 2.24) is 14.8 Å². The second-order valence-corrected chi connectivity index (χ2v) is 6.18.